The molecule has 3 aromatic rings. The van der Waals surface area contributed by atoms with Gasteiger partial charge in [0.2, 0.25) is 5.91 Å². The van der Waals surface area contributed by atoms with Gasteiger partial charge in [-0.25, -0.2) is 13.6 Å². The highest BCUT2D eigenvalue weighted by atomic mass is 31.2. The zero-order chi connectivity index (χ0) is 30.6. The van der Waals surface area contributed by atoms with E-state index in [9.17, 15) is 27.7 Å². The first-order chi connectivity index (χ1) is 20.0. The van der Waals surface area contributed by atoms with E-state index < -0.39 is 31.7 Å². The Morgan fingerprint density at radius 1 is 1.10 bits per heavy atom. The number of nitrogens with zero attached hydrogens (tertiary/aromatic N) is 2. The van der Waals surface area contributed by atoms with Crippen molar-refractivity contribution in [3.63, 3.8) is 0 Å². The SMILES string of the molecule is CCOP(=O)(OCC)c1ccc2c(C(=O)OC)cn(CC(=O)N3C[C@H](F)C[C@H]3C(=O)CCc3cccc(C)c3F)c2c1. The van der Waals surface area contributed by atoms with Gasteiger partial charge in [0.1, 0.15) is 18.5 Å². The van der Waals surface area contributed by atoms with E-state index in [0.717, 1.165) is 0 Å². The van der Waals surface area contributed by atoms with Gasteiger partial charge in [-0.3, -0.25) is 14.2 Å². The van der Waals surface area contributed by atoms with Crippen molar-refractivity contribution < 1.29 is 41.5 Å². The van der Waals surface area contributed by atoms with Crippen LogP contribution in [0, 0.1) is 12.7 Å². The molecule has 1 fully saturated rings. The van der Waals surface area contributed by atoms with Crippen molar-refractivity contribution in [2.24, 2.45) is 0 Å². The summed E-state index contributed by atoms with van der Waals surface area (Å²) in [4.78, 5) is 40.4. The number of alkyl halides is 1. The zero-order valence-corrected chi connectivity index (χ0v) is 25.0. The fourth-order valence-corrected chi connectivity index (χ4v) is 6.90. The molecule has 42 heavy (non-hydrogen) atoms. The van der Waals surface area contributed by atoms with E-state index in [0.29, 0.717) is 22.0 Å². The quantitative estimate of drug-likeness (QED) is 0.214. The molecule has 12 heteroatoms. The Morgan fingerprint density at radius 2 is 1.81 bits per heavy atom. The molecule has 1 aliphatic heterocycles. The molecule has 2 heterocycles. The summed E-state index contributed by atoms with van der Waals surface area (Å²) in [5.41, 5.74) is 1.41. The van der Waals surface area contributed by atoms with Gasteiger partial charge in [0.15, 0.2) is 5.78 Å². The number of ether oxygens (including phenoxy) is 1. The van der Waals surface area contributed by atoms with E-state index in [1.807, 2.05) is 0 Å². The summed E-state index contributed by atoms with van der Waals surface area (Å²) in [6.45, 7) is 4.69. The molecule has 0 spiro atoms. The van der Waals surface area contributed by atoms with E-state index in [1.54, 1.807) is 45.0 Å². The van der Waals surface area contributed by atoms with Crippen LogP contribution >= 0.6 is 7.60 Å². The fraction of sp³-hybridized carbons (Fsp3) is 0.433. The Morgan fingerprint density at radius 3 is 2.48 bits per heavy atom. The Hall–Kier alpha value is -3.40. The number of halogens is 2. The molecule has 0 aliphatic carbocycles. The largest absolute Gasteiger partial charge is 0.465 e. The number of hydrogen-bond acceptors (Lipinski definition) is 7. The maximum absolute atomic E-state index is 14.6. The van der Waals surface area contributed by atoms with Crippen molar-refractivity contribution in [3.8, 4) is 0 Å². The first-order valence-corrected chi connectivity index (χ1v) is 15.4. The molecule has 2 aromatic carbocycles. The van der Waals surface area contributed by atoms with Gasteiger partial charge in [-0.2, -0.15) is 0 Å². The number of benzene rings is 2. The van der Waals surface area contributed by atoms with Crippen molar-refractivity contribution in [1.29, 1.82) is 0 Å². The first-order valence-electron chi connectivity index (χ1n) is 13.8. The maximum atomic E-state index is 14.6. The second-order valence-electron chi connectivity index (χ2n) is 10.1. The zero-order valence-electron chi connectivity index (χ0n) is 24.1. The predicted octanol–water partition coefficient (Wildman–Crippen LogP) is 4.91. The molecule has 0 bridgehead atoms. The lowest BCUT2D eigenvalue weighted by Gasteiger charge is -2.24. The highest BCUT2D eigenvalue weighted by Gasteiger charge is 2.39. The van der Waals surface area contributed by atoms with Gasteiger partial charge in [-0.05, 0) is 50.5 Å². The van der Waals surface area contributed by atoms with Crippen LogP contribution in [0.15, 0.2) is 42.6 Å². The third-order valence-corrected chi connectivity index (χ3v) is 9.45. The molecule has 0 N–H and O–H groups in total. The van der Waals surface area contributed by atoms with Crippen molar-refractivity contribution in [1.82, 2.24) is 9.47 Å². The average molecular weight is 605 g/mol. The second-order valence-corrected chi connectivity index (χ2v) is 12.1. The third-order valence-electron chi connectivity index (χ3n) is 7.35. The summed E-state index contributed by atoms with van der Waals surface area (Å²) in [6.07, 6.45) is -0.00886. The molecular formula is C30H35F2N2O7P. The van der Waals surface area contributed by atoms with Gasteiger partial charge in [-0.15, -0.1) is 0 Å². The summed E-state index contributed by atoms with van der Waals surface area (Å²) in [5.74, 6) is -1.91. The van der Waals surface area contributed by atoms with Crippen LogP contribution in [0.1, 0.15) is 48.2 Å². The van der Waals surface area contributed by atoms with Crippen molar-refractivity contribution in [2.45, 2.75) is 58.8 Å². The third kappa shape index (κ3) is 6.48. The number of fused-ring (bicyclic) bond motifs is 1. The van der Waals surface area contributed by atoms with Gasteiger partial charge in [0.25, 0.3) is 0 Å². The number of ketones is 1. The highest BCUT2D eigenvalue weighted by Crippen LogP contribution is 2.47. The Balaban J connectivity index is 1.62. The Kier molecular flexibility index (Phi) is 9.97. The van der Waals surface area contributed by atoms with E-state index >= 15 is 0 Å². The predicted molar refractivity (Wildman–Crippen MR) is 153 cm³/mol. The molecule has 9 nitrogen and oxygen atoms in total. The normalized spacial score (nSPS) is 17.1. The molecule has 4 rings (SSSR count). The molecule has 226 valence electrons. The van der Waals surface area contributed by atoms with Crippen LogP contribution in [0.3, 0.4) is 0 Å². The molecule has 1 aliphatic rings. The van der Waals surface area contributed by atoms with Crippen LogP contribution in [0.25, 0.3) is 10.9 Å². The molecule has 2 atom stereocenters. The number of amides is 1. The summed E-state index contributed by atoms with van der Waals surface area (Å²) in [5, 5.41) is 0.680. The number of hydrogen-bond donors (Lipinski definition) is 0. The lowest BCUT2D eigenvalue weighted by molar-refractivity contribution is -0.138. The number of aryl methyl sites for hydroxylation is 2. The molecule has 0 unspecified atom stereocenters. The minimum absolute atomic E-state index is 0.0476. The van der Waals surface area contributed by atoms with Gasteiger partial charge in [0.05, 0.1) is 49.3 Å². The second kappa shape index (κ2) is 13.3. The summed E-state index contributed by atoms with van der Waals surface area (Å²) in [6, 6.07) is 8.59. The van der Waals surface area contributed by atoms with Gasteiger partial charge >= 0.3 is 13.6 Å². The van der Waals surface area contributed by atoms with Crippen LogP contribution in [0.2, 0.25) is 0 Å². The standard InChI is InChI=1S/C30H35F2N2O7P/c1-5-40-42(38,41-6-2)22-11-12-23-24(30(37)39-4)17-33(25(23)15-22)18-28(36)34-16-21(31)14-26(34)27(35)13-10-20-9-7-8-19(3)29(20)32/h7-9,11-12,15,17,21,26H,5-6,10,13-14,16,18H2,1-4H3/t21-,26+/m1/s1. The molecule has 0 saturated carbocycles. The van der Waals surface area contributed by atoms with E-state index in [2.05, 4.69) is 0 Å². The number of Topliss-reactive ketones (excluding diaryl/α,β-unsaturated/α-hetero) is 1. The number of rotatable bonds is 12. The van der Waals surface area contributed by atoms with Crippen molar-refractivity contribution in [2.75, 3.05) is 26.9 Å². The van der Waals surface area contributed by atoms with Crippen LogP contribution in [0.5, 0.6) is 0 Å². The average Bonchev–Trinajstić information content (AvgIpc) is 3.54. The number of likely N-dealkylation sites (tertiary alicyclic amines) is 1. The molecule has 1 saturated heterocycles. The van der Waals surface area contributed by atoms with Crippen LogP contribution in [-0.4, -0.2) is 66.2 Å². The van der Waals surface area contributed by atoms with Crippen LogP contribution in [-0.2, 0) is 40.9 Å². The number of esters is 1. The maximum Gasteiger partial charge on any atom is 0.361 e. The van der Waals surface area contributed by atoms with E-state index in [4.69, 9.17) is 13.8 Å². The summed E-state index contributed by atoms with van der Waals surface area (Å²) >= 11 is 0. The number of aromatic nitrogens is 1. The molecule has 1 aromatic heterocycles. The Bertz CT molecular complexity index is 1530. The number of methoxy groups -OCH3 is 1. The number of carbonyl (C=O) groups is 3. The van der Waals surface area contributed by atoms with E-state index in [-0.39, 0.29) is 68.0 Å². The van der Waals surface area contributed by atoms with Crippen molar-refractivity contribution in [3.05, 3.63) is 65.1 Å². The minimum Gasteiger partial charge on any atom is -0.465 e. The summed E-state index contributed by atoms with van der Waals surface area (Å²) in [7, 11) is -2.46. The minimum atomic E-state index is -3.69. The van der Waals surface area contributed by atoms with Crippen molar-refractivity contribution >= 4 is 41.5 Å². The molecule has 0 radical (unpaired) electrons. The lowest BCUT2D eigenvalue weighted by Crippen LogP contribution is -2.42. The molecule has 1 amide bonds. The number of carbonyl (C=O) groups excluding carboxylic acids is 3. The molecular weight excluding hydrogens is 569 g/mol. The van der Waals surface area contributed by atoms with E-state index in [1.165, 1.54) is 34.9 Å². The lowest BCUT2D eigenvalue weighted by atomic mass is 10.00. The topological polar surface area (TPSA) is 104 Å². The van der Waals surface area contributed by atoms with Gasteiger partial charge in [0, 0.05) is 24.4 Å². The first kappa shape index (κ1) is 31.5. The smallest absolute Gasteiger partial charge is 0.361 e. The van der Waals surface area contributed by atoms with Gasteiger partial charge < -0.3 is 23.3 Å². The van der Waals surface area contributed by atoms with Gasteiger partial charge in [-0.1, -0.05) is 24.3 Å². The fourth-order valence-electron chi connectivity index (χ4n) is 5.31. The Labute approximate surface area is 243 Å². The summed E-state index contributed by atoms with van der Waals surface area (Å²) < 4.78 is 59.7. The highest BCUT2D eigenvalue weighted by molar-refractivity contribution is 7.62. The van der Waals surface area contributed by atoms with Crippen LogP contribution < -0.4 is 5.30 Å². The van der Waals surface area contributed by atoms with Crippen LogP contribution in [0.4, 0.5) is 8.78 Å². The monoisotopic (exact) mass is 604 g/mol.